The van der Waals surface area contributed by atoms with Crippen molar-refractivity contribution in [1.82, 2.24) is 14.8 Å². The Balaban J connectivity index is 1.72. The molecular formula is C18H25N3OS. The molecule has 2 aromatic rings. The topological polar surface area (TPSA) is 28.6 Å². The molecule has 0 amide bonds. The number of hydrogen-bond donors (Lipinski definition) is 0. The lowest BCUT2D eigenvalue weighted by Gasteiger charge is -2.37. The molecule has 3 rings (SSSR count). The summed E-state index contributed by atoms with van der Waals surface area (Å²) in [6.45, 7) is 6.96. The van der Waals surface area contributed by atoms with Gasteiger partial charge in [-0.05, 0) is 37.0 Å². The first kappa shape index (κ1) is 16.6. The maximum absolute atomic E-state index is 5.53. The predicted molar refractivity (Wildman–Crippen MR) is 94.7 cm³/mol. The van der Waals surface area contributed by atoms with E-state index >= 15 is 0 Å². The number of rotatable bonds is 6. The maximum atomic E-state index is 5.53. The smallest absolute Gasteiger partial charge is 0.0594 e. The fourth-order valence-electron chi connectivity index (χ4n) is 3.06. The van der Waals surface area contributed by atoms with E-state index in [1.807, 2.05) is 29.8 Å². The third kappa shape index (κ3) is 4.18. The van der Waals surface area contributed by atoms with Gasteiger partial charge < -0.3 is 4.74 Å². The van der Waals surface area contributed by atoms with E-state index < -0.39 is 0 Å². The summed E-state index contributed by atoms with van der Waals surface area (Å²) in [6.07, 6.45) is 3.80. The Morgan fingerprint density at radius 3 is 2.78 bits per heavy atom. The molecule has 1 fully saturated rings. The van der Waals surface area contributed by atoms with Crippen LogP contribution in [-0.2, 0) is 4.74 Å². The second-order valence-corrected chi connectivity index (χ2v) is 7.06. The molecule has 5 heteroatoms. The summed E-state index contributed by atoms with van der Waals surface area (Å²) in [5.41, 5.74) is 1.27. The van der Waals surface area contributed by atoms with Gasteiger partial charge >= 0.3 is 0 Å². The summed E-state index contributed by atoms with van der Waals surface area (Å²) in [5.74, 6) is 0. The lowest BCUT2D eigenvalue weighted by atomic mass is 10.1. The molecule has 0 saturated carbocycles. The van der Waals surface area contributed by atoms with Crippen molar-refractivity contribution in [3.8, 4) is 0 Å². The molecule has 0 aromatic carbocycles. The van der Waals surface area contributed by atoms with Gasteiger partial charge in [-0.3, -0.25) is 14.8 Å². The molecule has 4 nitrogen and oxygen atoms in total. The number of thiophene rings is 1. The zero-order valence-corrected chi connectivity index (χ0v) is 14.7. The Bertz CT molecular complexity index is 569. The van der Waals surface area contributed by atoms with E-state index in [1.165, 1.54) is 10.4 Å². The summed E-state index contributed by atoms with van der Waals surface area (Å²) in [6, 6.07) is 9.36. The standard InChI is InChI=1S/C18H25N3OS/c1-15(16-5-3-7-19-13-16)20(2)14-17(18-6-4-12-23-18)21-8-10-22-11-9-21/h3-7,12-13,15,17H,8-11,14H2,1-2H3/t15-,17+/m1/s1. The van der Waals surface area contributed by atoms with E-state index in [2.05, 4.69) is 52.3 Å². The van der Waals surface area contributed by atoms with Crippen LogP contribution in [0.5, 0.6) is 0 Å². The quantitative estimate of drug-likeness (QED) is 0.813. The average Bonchev–Trinajstić information content (AvgIpc) is 3.14. The molecule has 0 spiro atoms. The Morgan fingerprint density at radius 1 is 1.30 bits per heavy atom. The minimum absolute atomic E-state index is 0.354. The fourth-order valence-corrected chi connectivity index (χ4v) is 3.92. The van der Waals surface area contributed by atoms with Gasteiger partial charge in [0.2, 0.25) is 0 Å². The van der Waals surface area contributed by atoms with Crippen LogP contribution in [0, 0.1) is 0 Å². The molecule has 0 radical (unpaired) electrons. The molecule has 0 N–H and O–H groups in total. The molecule has 124 valence electrons. The van der Waals surface area contributed by atoms with Crippen molar-refractivity contribution in [2.75, 3.05) is 39.9 Å². The first-order valence-corrected chi connectivity index (χ1v) is 9.09. The molecule has 0 bridgehead atoms. The van der Waals surface area contributed by atoms with Crippen LogP contribution in [0.2, 0.25) is 0 Å². The Morgan fingerprint density at radius 2 is 2.13 bits per heavy atom. The molecule has 0 aliphatic carbocycles. The first-order chi connectivity index (χ1) is 11.3. The lowest BCUT2D eigenvalue weighted by molar-refractivity contribution is 0.00766. The normalized spacial score (nSPS) is 18.9. The number of morpholine rings is 1. The highest BCUT2D eigenvalue weighted by Gasteiger charge is 2.26. The van der Waals surface area contributed by atoms with Gasteiger partial charge in [0.1, 0.15) is 0 Å². The number of aromatic nitrogens is 1. The zero-order valence-electron chi connectivity index (χ0n) is 13.9. The SMILES string of the molecule is C[C@H](c1cccnc1)N(C)C[C@@H](c1cccs1)N1CCOCC1. The summed E-state index contributed by atoms with van der Waals surface area (Å²) in [5, 5.41) is 2.17. The molecule has 0 unspecified atom stereocenters. The van der Waals surface area contributed by atoms with Gasteiger partial charge in [-0.25, -0.2) is 0 Å². The zero-order chi connectivity index (χ0) is 16.1. The van der Waals surface area contributed by atoms with Crippen LogP contribution in [0.1, 0.15) is 29.4 Å². The molecule has 1 saturated heterocycles. The maximum Gasteiger partial charge on any atom is 0.0594 e. The molecule has 2 atom stereocenters. The van der Waals surface area contributed by atoms with Crippen molar-refractivity contribution in [1.29, 1.82) is 0 Å². The van der Waals surface area contributed by atoms with E-state index in [9.17, 15) is 0 Å². The Hall–Kier alpha value is -1.27. The van der Waals surface area contributed by atoms with Gasteiger partial charge in [0, 0.05) is 42.9 Å². The van der Waals surface area contributed by atoms with Crippen LogP contribution >= 0.6 is 11.3 Å². The molecule has 1 aliphatic heterocycles. The van der Waals surface area contributed by atoms with E-state index in [0.29, 0.717) is 12.1 Å². The van der Waals surface area contributed by atoms with Crippen LogP contribution in [-0.4, -0.2) is 54.7 Å². The van der Waals surface area contributed by atoms with Crippen molar-refractivity contribution in [3.05, 3.63) is 52.5 Å². The van der Waals surface area contributed by atoms with E-state index in [1.54, 1.807) is 0 Å². The van der Waals surface area contributed by atoms with Crippen LogP contribution in [0.3, 0.4) is 0 Å². The minimum atomic E-state index is 0.354. The third-order valence-corrected chi connectivity index (χ3v) is 5.62. The second kappa shape index (κ2) is 8.02. The largest absolute Gasteiger partial charge is 0.379 e. The highest BCUT2D eigenvalue weighted by molar-refractivity contribution is 7.10. The van der Waals surface area contributed by atoms with Gasteiger partial charge in [0.05, 0.1) is 19.3 Å². The monoisotopic (exact) mass is 331 g/mol. The average molecular weight is 331 g/mol. The summed E-state index contributed by atoms with van der Waals surface area (Å²) in [7, 11) is 2.21. The van der Waals surface area contributed by atoms with Crippen molar-refractivity contribution in [2.45, 2.75) is 19.0 Å². The van der Waals surface area contributed by atoms with E-state index in [-0.39, 0.29) is 0 Å². The van der Waals surface area contributed by atoms with Gasteiger partial charge in [-0.1, -0.05) is 12.1 Å². The van der Waals surface area contributed by atoms with Crippen molar-refractivity contribution >= 4 is 11.3 Å². The molecule has 1 aliphatic rings. The minimum Gasteiger partial charge on any atom is -0.379 e. The van der Waals surface area contributed by atoms with Gasteiger partial charge in [0.15, 0.2) is 0 Å². The predicted octanol–water partition coefficient (Wildman–Crippen LogP) is 3.21. The van der Waals surface area contributed by atoms with Crippen molar-refractivity contribution in [2.24, 2.45) is 0 Å². The second-order valence-electron chi connectivity index (χ2n) is 6.08. The van der Waals surface area contributed by atoms with Crippen LogP contribution < -0.4 is 0 Å². The van der Waals surface area contributed by atoms with Crippen molar-refractivity contribution < 1.29 is 4.74 Å². The highest BCUT2D eigenvalue weighted by Crippen LogP contribution is 2.29. The Kier molecular flexibility index (Phi) is 5.78. The Labute approximate surface area is 142 Å². The van der Waals surface area contributed by atoms with Crippen LogP contribution in [0.25, 0.3) is 0 Å². The number of nitrogens with zero attached hydrogens (tertiary/aromatic N) is 3. The first-order valence-electron chi connectivity index (χ1n) is 8.21. The molecule has 2 aromatic heterocycles. The molecule has 3 heterocycles. The molecule has 23 heavy (non-hydrogen) atoms. The van der Waals surface area contributed by atoms with E-state index in [0.717, 1.165) is 32.8 Å². The molecular weight excluding hydrogens is 306 g/mol. The van der Waals surface area contributed by atoms with Crippen molar-refractivity contribution in [3.63, 3.8) is 0 Å². The summed E-state index contributed by atoms with van der Waals surface area (Å²) in [4.78, 5) is 10.7. The fraction of sp³-hybridized carbons (Fsp3) is 0.500. The van der Waals surface area contributed by atoms with Gasteiger partial charge in [-0.2, -0.15) is 0 Å². The van der Waals surface area contributed by atoms with Gasteiger partial charge in [0.25, 0.3) is 0 Å². The number of likely N-dealkylation sites (N-methyl/N-ethyl adjacent to an activating group) is 1. The number of hydrogen-bond acceptors (Lipinski definition) is 5. The van der Waals surface area contributed by atoms with Crippen LogP contribution in [0.4, 0.5) is 0 Å². The number of ether oxygens (including phenoxy) is 1. The third-order valence-electron chi connectivity index (χ3n) is 4.65. The highest BCUT2D eigenvalue weighted by atomic mass is 32.1. The summed E-state index contributed by atoms with van der Waals surface area (Å²) < 4.78 is 5.53. The van der Waals surface area contributed by atoms with Crippen LogP contribution in [0.15, 0.2) is 42.0 Å². The number of pyridine rings is 1. The van der Waals surface area contributed by atoms with Gasteiger partial charge in [-0.15, -0.1) is 11.3 Å². The summed E-state index contributed by atoms with van der Waals surface area (Å²) >= 11 is 1.85. The van der Waals surface area contributed by atoms with E-state index in [4.69, 9.17) is 4.74 Å². The lowest BCUT2D eigenvalue weighted by Crippen LogP contribution is -2.43.